The molecule has 4 nitrogen and oxygen atoms in total. The minimum Gasteiger partial charge on any atom is -0.295 e. The van der Waals surface area contributed by atoms with Gasteiger partial charge in [-0.15, -0.1) is 0 Å². The quantitative estimate of drug-likeness (QED) is 0.128. The number of aromatic nitrogens is 2. The second-order valence-corrected chi connectivity index (χ2v) is 24.0. The van der Waals surface area contributed by atoms with Crippen molar-refractivity contribution in [2.75, 3.05) is 9.80 Å². The Morgan fingerprint density at radius 2 is 0.570 bits per heavy atom. The van der Waals surface area contributed by atoms with Crippen LogP contribution in [-0.2, 0) is 16.2 Å². The maximum Gasteiger partial charge on any atom is 0.137 e. The maximum absolute atomic E-state index is 4.82. The highest BCUT2D eigenvalue weighted by Gasteiger charge is 2.39. The molecule has 0 saturated carbocycles. The molecule has 3 aliphatic rings. The lowest BCUT2D eigenvalue weighted by molar-refractivity contribution is 0.660. The van der Waals surface area contributed by atoms with Gasteiger partial charge >= 0.3 is 0 Å². The Balaban J connectivity index is 0.733. The van der Waals surface area contributed by atoms with Gasteiger partial charge in [0.1, 0.15) is 11.6 Å². The minimum absolute atomic E-state index is 0.155. The normalized spacial score (nSPS) is 14.7. The van der Waals surface area contributed by atoms with Crippen molar-refractivity contribution < 1.29 is 0 Å². The van der Waals surface area contributed by atoms with Gasteiger partial charge in [-0.05, 0) is 212 Å². The summed E-state index contributed by atoms with van der Waals surface area (Å²) in [6, 6.07) is 67.7. The van der Waals surface area contributed by atoms with E-state index in [-0.39, 0.29) is 16.2 Å². The van der Waals surface area contributed by atoms with E-state index >= 15 is 0 Å². The standard InChI is InChI=1S/C75H66N4/c1-47-35-48(2)38-57(37-47)78(71-15-11-13-33-76-71)55-25-31-63-61-29-23-53(43-67(61)74(7,8)69(63)45-55)19-17-51-21-27-59-60-28-22-52(42-66(60)73(5,6)65(59)41-51)18-20-54-24-30-62-64-32-26-56(46-70(64)75(9,10)68(62)44-54)79(72-16-12-14-34-77-72)58-39-49(3)36-50(4)40-58/h11-46H,1-10H3/b19-17+,20-18+. The smallest absolute Gasteiger partial charge is 0.137 e. The first-order chi connectivity index (χ1) is 38.0. The molecule has 0 fully saturated rings. The number of aryl methyl sites for hydroxylation is 4. The van der Waals surface area contributed by atoms with E-state index in [9.17, 15) is 0 Å². The van der Waals surface area contributed by atoms with Gasteiger partial charge < -0.3 is 0 Å². The third-order valence-electron chi connectivity index (χ3n) is 17.2. The molecule has 2 heterocycles. The van der Waals surface area contributed by atoms with Gasteiger partial charge in [-0.25, -0.2) is 9.97 Å². The number of hydrogen-bond acceptors (Lipinski definition) is 4. The van der Waals surface area contributed by atoms with Crippen molar-refractivity contribution in [1.29, 1.82) is 0 Å². The number of nitrogens with zero attached hydrogens (tertiary/aromatic N) is 4. The van der Waals surface area contributed by atoms with Crippen LogP contribution in [0.4, 0.5) is 34.4 Å². The van der Waals surface area contributed by atoms with Crippen LogP contribution in [0.15, 0.2) is 194 Å². The second-order valence-electron chi connectivity index (χ2n) is 24.0. The third kappa shape index (κ3) is 8.53. The van der Waals surface area contributed by atoms with E-state index in [1.165, 1.54) is 111 Å². The van der Waals surface area contributed by atoms with Gasteiger partial charge in [-0.3, -0.25) is 9.80 Å². The average Bonchev–Trinajstić information content (AvgIpc) is 3.79. The van der Waals surface area contributed by atoms with E-state index in [0.717, 1.165) is 34.4 Å². The maximum atomic E-state index is 4.82. The monoisotopic (exact) mass is 1020 g/mol. The predicted octanol–water partition coefficient (Wildman–Crippen LogP) is 19.9. The van der Waals surface area contributed by atoms with Crippen molar-refractivity contribution in [1.82, 2.24) is 9.97 Å². The zero-order valence-corrected chi connectivity index (χ0v) is 47.1. The van der Waals surface area contributed by atoms with Gasteiger partial charge in [0.2, 0.25) is 0 Å². The predicted molar refractivity (Wildman–Crippen MR) is 334 cm³/mol. The van der Waals surface area contributed by atoms with Crippen LogP contribution in [0.1, 0.15) is 119 Å². The highest BCUT2D eigenvalue weighted by atomic mass is 15.2. The molecule has 13 rings (SSSR count). The Kier molecular flexibility index (Phi) is 11.7. The van der Waals surface area contributed by atoms with E-state index in [2.05, 4.69) is 273 Å². The van der Waals surface area contributed by atoms with E-state index in [4.69, 9.17) is 9.97 Å². The zero-order valence-electron chi connectivity index (χ0n) is 47.1. The van der Waals surface area contributed by atoms with Gasteiger partial charge in [0, 0.05) is 51.4 Å². The molecule has 3 aliphatic carbocycles. The number of anilines is 6. The summed E-state index contributed by atoms with van der Waals surface area (Å²) in [7, 11) is 0. The van der Waals surface area contributed by atoms with Crippen molar-refractivity contribution in [2.45, 2.75) is 85.5 Å². The Morgan fingerprint density at radius 1 is 0.291 bits per heavy atom. The van der Waals surface area contributed by atoms with Gasteiger partial charge in [-0.1, -0.05) is 175 Å². The fourth-order valence-electron chi connectivity index (χ4n) is 13.3. The third-order valence-corrected chi connectivity index (χ3v) is 17.2. The second kappa shape index (κ2) is 18.7. The van der Waals surface area contributed by atoms with Crippen molar-refractivity contribution in [3.05, 3.63) is 272 Å². The number of rotatable bonds is 10. The fourth-order valence-corrected chi connectivity index (χ4v) is 13.3. The van der Waals surface area contributed by atoms with Crippen molar-refractivity contribution >= 4 is 58.7 Å². The van der Waals surface area contributed by atoms with Crippen LogP contribution in [0.3, 0.4) is 0 Å². The summed E-state index contributed by atoms with van der Waals surface area (Å²) in [5.74, 6) is 1.81. The average molecular weight is 1020 g/mol. The molecule has 0 unspecified atom stereocenters. The summed E-state index contributed by atoms with van der Waals surface area (Å²) in [5, 5.41) is 0. The molecule has 10 aromatic rings. The molecule has 79 heavy (non-hydrogen) atoms. The molecule has 0 amide bonds. The van der Waals surface area contributed by atoms with E-state index in [0.29, 0.717) is 0 Å². The van der Waals surface area contributed by atoms with Crippen molar-refractivity contribution in [3.8, 4) is 33.4 Å². The number of hydrogen-bond donors (Lipinski definition) is 0. The largest absolute Gasteiger partial charge is 0.295 e. The molecule has 386 valence electrons. The lowest BCUT2D eigenvalue weighted by atomic mass is 9.81. The molecule has 8 aromatic carbocycles. The fraction of sp³-hybridized carbons (Fsp3) is 0.173. The Hall–Kier alpha value is -8.86. The highest BCUT2D eigenvalue weighted by Crippen LogP contribution is 2.54. The molecule has 4 heteroatoms. The zero-order chi connectivity index (χ0) is 54.5. The molecule has 0 bridgehead atoms. The van der Waals surface area contributed by atoms with Crippen LogP contribution in [0.5, 0.6) is 0 Å². The Bertz CT molecular complexity index is 3850. The lowest BCUT2D eigenvalue weighted by Gasteiger charge is -2.27. The molecule has 0 atom stereocenters. The topological polar surface area (TPSA) is 32.3 Å². The first-order valence-electron chi connectivity index (χ1n) is 27.8. The van der Waals surface area contributed by atoms with E-state index < -0.39 is 0 Å². The van der Waals surface area contributed by atoms with Crippen LogP contribution in [0.25, 0.3) is 57.7 Å². The molecule has 0 radical (unpaired) electrons. The summed E-state index contributed by atoms with van der Waals surface area (Å²) in [6.45, 7) is 22.9. The van der Waals surface area contributed by atoms with Gasteiger partial charge in [-0.2, -0.15) is 0 Å². The van der Waals surface area contributed by atoms with Crippen LogP contribution in [0, 0.1) is 27.7 Å². The number of pyridine rings is 2. The summed E-state index contributed by atoms with van der Waals surface area (Å²) < 4.78 is 0. The van der Waals surface area contributed by atoms with Crippen molar-refractivity contribution in [3.63, 3.8) is 0 Å². The Labute approximate surface area is 467 Å². The summed E-state index contributed by atoms with van der Waals surface area (Å²) in [4.78, 5) is 14.2. The van der Waals surface area contributed by atoms with Gasteiger partial charge in [0.15, 0.2) is 0 Å². The summed E-state index contributed by atoms with van der Waals surface area (Å²) in [6.07, 6.45) is 12.9. The van der Waals surface area contributed by atoms with Crippen LogP contribution in [0.2, 0.25) is 0 Å². The molecule has 0 spiro atoms. The van der Waals surface area contributed by atoms with Gasteiger partial charge in [0.25, 0.3) is 0 Å². The number of benzene rings is 8. The van der Waals surface area contributed by atoms with Crippen molar-refractivity contribution in [2.24, 2.45) is 0 Å². The van der Waals surface area contributed by atoms with Crippen LogP contribution < -0.4 is 9.80 Å². The molecule has 0 N–H and O–H groups in total. The molecule has 0 aliphatic heterocycles. The van der Waals surface area contributed by atoms with Crippen LogP contribution in [-0.4, -0.2) is 9.97 Å². The van der Waals surface area contributed by atoms with Gasteiger partial charge in [0.05, 0.1) is 0 Å². The van der Waals surface area contributed by atoms with E-state index in [1.807, 2.05) is 24.5 Å². The Morgan fingerprint density at radius 3 is 0.848 bits per heavy atom. The SMILES string of the molecule is Cc1cc(C)cc(N(c2ccc3c(c2)C(C)(C)c2cc(/C=C/c4ccc5c(c4)C(C)(C)c4cc(/C=C/c6ccc7c(c6)C(C)(C)c6cc(N(c8cc(C)cc(C)c8)c8ccccn8)ccc6-7)ccc4-5)ccc2-3)c2ccccn2)c1. The molecular weight excluding hydrogens is 957 g/mol. The first-order valence-corrected chi connectivity index (χ1v) is 27.8. The van der Waals surface area contributed by atoms with E-state index in [1.54, 1.807) is 0 Å². The lowest BCUT2D eigenvalue weighted by Crippen LogP contribution is -2.17. The minimum atomic E-state index is -0.192. The summed E-state index contributed by atoms with van der Waals surface area (Å²) in [5.41, 5.74) is 29.6. The highest BCUT2D eigenvalue weighted by molar-refractivity contribution is 5.90. The number of fused-ring (bicyclic) bond motifs is 9. The van der Waals surface area contributed by atoms with Crippen LogP contribution >= 0.6 is 0 Å². The molecule has 2 aromatic heterocycles. The first kappa shape index (κ1) is 49.7. The molecule has 0 saturated heterocycles. The molecular formula is C75H66N4. The summed E-state index contributed by atoms with van der Waals surface area (Å²) >= 11 is 0.